The second kappa shape index (κ2) is 7.20. The maximum atomic E-state index is 2.40. The molecule has 0 unspecified atom stereocenters. The molecule has 0 radical (unpaired) electrons. The quantitative estimate of drug-likeness (QED) is 0.590. The number of hydrogen-bond donors (Lipinski definition) is 0. The van der Waals surface area contributed by atoms with Crippen molar-refractivity contribution in [3.05, 3.63) is 12.3 Å². The predicted molar refractivity (Wildman–Crippen MR) is 56.1 cm³/mol. The molecule has 0 atom stereocenters. The van der Waals surface area contributed by atoms with Gasteiger partial charge in [-0.2, -0.15) is 0 Å². The first kappa shape index (κ1) is 11.5. The highest BCUT2D eigenvalue weighted by Gasteiger charge is 1.94. The summed E-state index contributed by atoms with van der Waals surface area (Å²) in [5.74, 6) is 0.668. The van der Waals surface area contributed by atoms with Crippen molar-refractivity contribution >= 4 is 0 Å². The number of hydrogen-bond acceptors (Lipinski definition) is 1. The highest BCUT2D eigenvalue weighted by atomic mass is 15.1. The van der Waals surface area contributed by atoms with Crippen molar-refractivity contribution in [3.63, 3.8) is 0 Å². The van der Waals surface area contributed by atoms with Gasteiger partial charge in [0.05, 0.1) is 0 Å². The standard InChI is InChI=1S/C11H23N/c1-5-8-12(9-6-2)10-7-11(3)4/h7,10-11H,5-6,8-9H2,1-4H3. The van der Waals surface area contributed by atoms with Crippen LogP contribution in [0.2, 0.25) is 0 Å². The number of nitrogens with zero attached hydrogens (tertiary/aromatic N) is 1. The lowest BCUT2D eigenvalue weighted by Crippen LogP contribution is -2.18. The van der Waals surface area contributed by atoms with Crippen molar-refractivity contribution < 1.29 is 0 Å². The van der Waals surface area contributed by atoms with Crippen LogP contribution in [0.15, 0.2) is 12.3 Å². The van der Waals surface area contributed by atoms with Gasteiger partial charge in [-0.25, -0.2) is 0 Å². The molecule has 0 spiro atoms. The lowest BCUT2D eigenvalue weighted by atomic mass is 10.2. The van der Waals surface area contributed by atoms with Crippen LogP contribution in [0, 0.1) is 5.92 Å². The first-order valence-electron chi connectivity index (χ1n) is 5.13. The Hall–Kier alpha value is -0.460. The molecule has 0 saturated carbocycles. The zero-order valence-corrected chi connectivity index (χ0v) is 9.01. The van der Waals surface area contributed by atoms with Gasteiger partial charge in [-0.15, -0.1) is 0 Å². The molecule has 0 heterocycles. The third kappa shape index (κ3) is 6.26. The minimum Gasteiger partial charge on any atom is -0.378 e. The third-order valence-corrected chi connectivity index (χ3v) is 1.70. The molecule has 0 aromatic heterocycles. The molecule has 0 N–H and O–H groups in total. The van der Waals surface area contributed by atoms with E-state index in [0.717, 1.165) is 0 Å². The van der Waals surface area contributed by atoms with Crippen LogP contribution < -0.4 is 0 Å². The van der Waals surface area contributed by atoms with Gasteiger partial charge in [0.15, 0.2) is 0 Å². The fourth-order valence-corrected chi connectivity index (χ4v) is 1.13. The van der Waals surface area contributed by atoms with Crippen molar-refractivity contribution in [3.8, 4) is 0 Å². The molecule has 0 aromatic carbocycles. The molecule has 0 fully saturated rings. The minimum absolute atomic E-state index is 0.668. The molecule has 0 aliphatic rings. The first-order valence-corrected chi connectivity index (χ1v) is 5.13. The van der Waals surface area contributed by atoms with Crippen molar-refractivity contribution in [1.82, 2.24) is 4.90 Å². The van der Waals surface area contributed by atoms with Crippen molar-refractivity contribution in [1.29, 1.82) is 0 Å². The Labute approximate surface area is 77.5 Å². The number of allylic oxidation sites excluding steroid dienone is 1. The number of rotatable bonds is 6. The highest BCUT2D eigenvalue weighted by Crippen LogP contribution is 1.99. The molecule has 1 nitrogen and oxygen atoms in total. The van der Waals surface area contributed by atoms with E-state index in [-0.39, 0.29) is 0 Å². The van der Waals surface area contributed by atoms with Crippen LogP contribution in [0.1, 0.15) is 40.5 Å². The Bertz CT molecular complexity index is 110. The molecule has 0 aliphatic heterocycles. The summed E-state index contributed by atoms with van der Waals surface area (Å²) in [6.07, 6.45) is 6.99. The summed E-state index contributed by atoms with van der Waals surface area (Å²) in [5, 5.41) is 0. The molecule has 72 valence electrons. The van der Waals surface area contributed by atoms with Crippen molar-refractivity contribution in [2.24, 2.45) is 5.92 Å². The van der Waals surface area contributed by atoms with E-state index in [2.05, 4.69) is 44.9 Å². The summed E-state index contributed by atoms with van der Waals surface area (Å²) in [6.45, 7) is 11.3. The molecule has 12 heavy (non-hydrogen) atoms. The van der Waals surface area contributed by atoms with Gasteiger partial charge in [-0.05, 0) is 25.0 Å². The molecule has 0 saturated heterocycles. The zero-order valence-electron chi connectivity index (χ0n) is 9.01. The molecule has 0 aromatic rings. The van der Waals surface area contributed by atoms with Gasteiger partial charge in [-0.3, -0.25) is 0 Å². The monoisotopic (exact) mass is 169 g/mol. The van der Waals surface area contributed by atoms with Gasteiger partial charge >= 0.3 is 0 Å². The van der Waals surface area contributed by atoms with Crippen LogP contribution in [-0.2, 0) is 0 Å². The van der Waals surface area contributed by atoms with Gasteiger partial charge in [0.1, 0.15) is 0 Å². The topological polar surface area (TPSA) is 3.24 Å². The second-order valence-corrected chi connectivity index (χ2v) is 3.62. The van der Waals surface area contributed by atoms with Crippen molar-refractivity contribution in [2.75, 3.05) is 13.1 Å². The van der Waals surface area contributed by atoms with Gasteiger partial charge in [0.25, 0.3) is 0 Å². The summed E-state index contributed by atoms with van der Waals surface area (Å²) in [4.78, 5) is 2.40. The van der Waals surface area contributed by atoms with Gasteiger partial charge < -0.3 is 4.90 Å². The molecule has 1 heteroatoms. The third-order valence-electron chi connectivity index (χ3n) is 1.70. The van der Waals surface area contributed by atoms with Crippen molar-refractivity contribution in [2.45, 2.75) is 40.5 Å². The van der Waals surface area contributed by atoms with Gasteiger partial charge in [0.2, 0.25) is 0 Å². The Morgan fingerprint density at radius 3 is 1.92 bits per heavy atom. The summed E-state index contributed by atoms with van der Waals surface area (Å²) in [6, 6.07) is 0. The Morgan fingerprint density at radius 1 is 1.08 bits per heavy atom. The fraction of sp³-hybridized carbons (Fsp3) is 0.818. The lowest BCUT2D eigenvalue weighted by Gasteiger charge is -2.18. The second-order valence-electron chi connectivity index (χ2n) is 3.62. The van der Waals surface area contributed by atoms with Crippen LogP contribution in [0.25, 0.3) is 0 Å². The largest absolute Gasteiger partial charge is 0.378 e. The predicted octanol–water partition coefficient (Wildman–Crippen LogP) is 3.28. The van der Waals surface area contributed by atoms with E-state index in [1.54, 1.807) is 0 Å². The van der Waals surface area contributed by atoms with E-state index in [9.17, 15) is 0 Å². The molecule has 0 aliphatic carbocycles. The van der Waals surface area contributed by atoms with E-state index in [1.807, 2.05) is 0 Å². The molecule has 0 amide bonds. The van der Waals surface area contributed by atoms with E-state index in [0.29, 0.717) is 5.92 Å². The maximum absolute atomic E-state index is 2.40. The van der Waals surface area contributed by atoms with E-state index in [4.69, 9.17) is 0 Å². The highest BCUT2D eigenvalue weighted by molar-refractivity contribution is 4.84. The molecular formula is C11H23N. The summed E-state index contributed by atoms with van der Waals surface area (Å²) < 4.78 is 0. The molecule has 0 rings (SSSR count). The normalized spacial score (nSPS) is 11.4. The lowest BCUT2D eigenvalue weighted by molar-refractivity contribution is 0.373. The zero-order chi connectivity index (χ0) is 9.40. The maximum Gasteiger partial charge on any atom is 0.0169 e. The molecule has 0 bridgehead atoms. The van der Waals surface area contributed by atoms with Crippen LogP contribution in [-0.4, -0.2) is 18.0 Å². The van der Waals surface area contributed by atoms with Gasteiger partial charge in [-0.1, -0.05) is 33.8 Å². The van der Waals surface area contributed by atoms with Crippen LogP contribution in [0.3, 0.4) is 0 Å². The SMILES string of the molecule is CCCN(C=CC(C)C)CCC. The van der Waals surface area contributed by atoms with Crippen LogP contribution in [0.5, 0.6) is 0 Å². The summed E-state index contributed by atoms with van der Waals surface area (Å²) in [5.41, 5.74) is 0. The van der Waals surface area contributed by atoms with E-state index >= 15 is 0 Å². The van der Waals surface area contributed by atoms with Gasteiger partial charge in [0, 0.05) is 13.1 Å². The first-order chi connectivity index (χ1) is 5.70. The summed E-state index contributed by atoms with van der Waals surface area (Å²) in [7, 11) is 0. The average Bonchev–Trinajstić information content (AvgIpc) is 2.01. The summed E-state index contributed by atoms with van der Waals surface area (Å²) >= 11 is 0. The van der Waals surface area contributed by atoms with Crippen LogP contribution >= 0.6 is 0 Å². The Morgan fingerprint density at radius 2 is 1.58 bits per heavy atom. The fourth-order valence-electron chi connectivity index (χ4n) is 1.13. The van der Waals surface area contributed by atoms with Crippen LogP contribution in [0.4, 0.5) is 0 Å². The minimum atomic E-state index is 0.668. The Kier molecular flexibility index (Phi) is 6.93. The Balaban J connectivity index is 3.76. The van der Waals surface area contributed by atoms with E-state index < -0.39 is 0 Å². The smallest absolute Gasteiger partial charge is 0.0169 e. The molecular weight excluding hydrogens is 146 g/mol. The van der Waals surface area contributed by atoms with E-state index in [1.165, 1.54) is 25.9 Å². The average molecular weight is 169 g/mol.